The molecule has 0 saturated carbocycles. The maximum atomic E-state index is 11.9. The average Bonchev–Trinajstić information content (AvgIpc) is 2.37. The van der Waals surface area contributed by atoms with Crippen molar-refractivity contribution in [1.82, 2.24) is 0 Å². The quantitative estimate of drug-likeness (QED) is 0.666. The molecule has 0 heterocycles. The van der Waals surface area contributed by atoms with Gasteiger partial charge in [-0.1, -0.05) is 47.5 Å². The molecule has 2 N–H and O–H groups in total. The zero-order valence-corrected chi connectivity index (χ0v) is 10.9. The SMILES string of the molecule is Cc1ccc(C(=O)C[NH2+]c2cccc(Cl)c2)cc1. The molecule has 0 atom stereocenters. The van der Waals surface area contributed by atoms with Crippen molar-refractivity contribution in [2.75, 3.05) is 6.54 Å². The summed E-state index contributed by atoms with van der Waals surface area (Å²) in [6.45, 7) is 2.40. The van der Waals surface area contributed by atoms with Gasteiger partial charge in [0.2, 0.25) is 5.78 Å². The maximum Gasteiger partial charge on any atom is 0.217 e. The highest BCUT2D eigenvalue weighted by Crippen LogP contribution is 2.10. The second-order valence-corrected chi connectivity index (χ2v) is 4.69. The Morgan fingerprint density at radius 3 is 2.56 bits per heavy atom. The zero-order chi connectivity index (χ0) is 13.0. The van der Waals surface area contributed by atoms with Gasteiger partial charge in [-0.15, -0.1) is 0 Å². The van der Waals surface area contributed by atoms with Crippen molar-refractivity contribution < 1.29 is 10.1 Å². The molecular weight excluding hydrogens is 246 g/mol. The largest absolute Gasteiger partial charge is 0.307 e. The highest BCUT2D eigenvalue weighted by atomic mass is 35.5. The summed E-state index contributed by atoms with van der Waals surface area (Å²) in [6, 6.07) is 15.1. The van der Waals surface area contributed by atoms with Gasteiger partial charge in [0, 0.05) is 16.7 Å². The molecule has 92 valence electrons. The summed E-state index contributed by atoms with van der Waals surface area (Å²) in [6.07, 6.45) is 0. The minimum Gasteiger partial charge on any atom is -0.307 e. The monoisotopic (exact) mass is 260 g/mol. The van der Waals surface area contributed by atoms with E-state index in [0.717, 1.165) is 16.8 Å². The first-order chi connectivity index (χ1) is 8.65. The number of ketones is 1. The Labute approximate surface area is 112 Å². The molecular formula is C15H15ClNO+. The van der Waals surface area contributed by atoms with Crippen molar-refractivity contribution >= 4 is 23.1 Å². The Morgan fingerprint density at radius 1 is 1.17 bits per heavy atom. The second kappa shape index (κ2) is 5.80. The smallest absolute Gasteiger partial charge is 0.217 e. The summed E-state index contributed by atoms with van der Waals surface area (Å²) in [4.78, 5) is 11.9. The van der Waals surface area contributed by atoms with Gasteiger partial charge in [0.05, 0.1) is 0 Å². The number of rotatable bonds is 4. The van der Waals surface area contributed by atoms with Crippen LogP contribution in [0.15, 0.2) is 48.5 Å². The number of Topliss-reactive ketones (excluding diaryl/α,β-unsaturated/α-hetero) is 1. The van der Waals surface area contributed by atoms with Crippen molar-refractivity contribution in [2.45, 2.75) is 6.92 Å². The van der Waals surface area contributed by atoms with E-state index in [1.54, 1.807) is 0 Å². The van der Waals surface area contributed by atoms with Crippen LogP contribution in [0.5, 0.6) is 0 Å². The van der Waals surface area contributed by atoms with Crippen molar-refractivity contribution in [1.29, 1.82) is 0 Å². The van der Waals surface area contributed by atoms with E-state index in [-0.39, 0.29) is 5.78 Å². The normalized spacial score (nSPS) is 10.3. The van der Waals surface area contributed by atoms with Crippen LogP contribution in [0.2, 0.25) is 5.02 Å². The van der Waals surface area contributed by atoms with Gasteiger partial charge in [-0.25, -0.2) is 0 Å². The van der Waals surface area contributed by atoms with Crippen molar-refractivity contribution in [2.24, 2.45) is 0 Å². The first-order valence-corrected chi connectivity index (χ1v) is 6.21. The Bertz CT molecular complexity index is 549. The predicted octanol–water partition coefficient (Wildman–Crippen LogP) is 2.73. The third kappa shape index (κ3) is 3.42. The lowest BCUT2D eigenvalue weighted by Crippen LogP contribution is -2.79. The number of aryl methyl sites for hydroxylation is 1. The number of benzene rings is 2. The number of carbonyl (C=O) groups is 1. The summed E-state index contributed by atoms with van der Waals surface area (Å²) in [5.41, 5.74) is 2.88. The number of hydrogen-bond acceptors (Lipinski definition) is 1. The molecule has 0 bridgehead atoms. The lowest BCUT2D eigenvalue weighted by molar-refractivity contribution is -0.557. The van der Waals surface area contributed by atoms with Crippen LogP contribution in [-0.2, 0) is 0 Å². The van der Waals surface area contributed by atoms with Crippen LogP contribution in [0.1, 0.15) is 15.9 Å². The number of nitrogens with two attached hydrogens (primary N) is 1. The van der Waals surface area contributed by atoms with Gasteiger partial charge in [-0.2, -0.15) is 0 Å². The van der Waals surface area contributed by atoms with E-state index in [4.69, 9.17) is 11.6 Å². The lowest BCUT2D eigenvalue weighted by Gasteiger charge is -2.02. The van der Waals surface area contributed by atoms with E-state index in [1.807, 2.05) is 60.8 Å². The van der Waals surface area contributed by atoms with Crippen LogP contribution in [0.3, 0.4) is 0 Å². The Morgan fingerprint density at radius 2 is 1.89 bits per heavy atom. The second-order valence-electron chi connectivity index (χ2n) is 4.25. The number of halogens is 1. The molecule has 2 rings (SSSR count). The molecule has 0 aliphatic rings. The van der Waals surface area contributed by atoms with Crippen LogP contribution in [-0.4, -0.2) is 12.3 Å². The van der Waals surface area contributed by atoms with Gasteiger partial charge in [0.25, 0.3) is 0 Å². The van der Waals surface area contributed by atoms with Gasteiger partial charge in [0.15, 0.2) is 0 Å². The molecule has 0 fully saturated rings. The summed E-state index contributed by atoms with van der Waals surface area (Å²) in [7, 11) is 0. The molecule has 2 aromatic carbocycles. The van der Waals surface area contributed by atoms with Crippen molar-refractivity contribution in [3.63, 3.8) is 0 Å². The topological polar surface area (TPSA) is 33.7 Å². The zero-order valence-electron chi connectivity index (χ0n) is 10.2. The number of quaternary nitrogens is 1. The first kappa shape index (κ1) is 12.8. The third-order valence-electron chi connectivity index (χ3n) is 2.75. The number of hydrogen-bond donors (Lipinski definition) is 1. The van der Waals surface area contributed by atoms with Gasteiger partial charge in [-0.05, 0) is 19.1 Å². The van der Waals surface area contributed by atoms with Gasteiger partial charge < -0.3 is 5.32 Å². The fourth-order valence-corrected chi connectivity index (χ4v) is 1.90. The molecule has 0 spiro atoms. The molecule has 0 amide bonds. The van der Waals surface area contributed by atoms with E-state index >= 15 is 0 Å². The summed E-state index contributed by atoms with van der Waals surface area (Å²) in [5.74, 6) is 0.120. The molecule has 2 nitrogen and oxygen atoms in total. The van der Waals surface area contributed by atoms with Crippen LogP contribution in [0, 0.1) is 6.92 Å². The van der Waals surface area contributed by atoms with Crippen molar-refractivity contribution in [3.05, 3.63) is 64.7 Å². The maximum absolute atomic E-state index is 11.9. The van der Waals surface area contributed by atoms with E-state index < -0.39 is 0 Å². The minimum absolute atomic E-state index is 0.120. The van der Waals surface area contributed by atoms with Crippen LogP contribution >= 0.6 is 11.6 Å². The Kier molecular flexibility index (Phi) is 4.13. The van der Waals surface area contributed by atoms with Crippen LogP contribution < -0.4 is 5.32 Å². The molecule has 0 aliphatic heterocycles. The van der Waals surface area contributed by atoms with E-state index in [9.17, 15) is 4.79 Å². The van der Waals surface area contributed by atoms with E-state index in [2.05, 4.69) is 0 Å². The lowest BCUT2D eigenvalue weighted by atomic mass is 10.1. The molecule has 0 saturated heterocycles. The fourth-order valence-electron chi connectivity index (χ4n) is 1.70. The number of carbonyl (C=O) groups excluding carboxylic acids is 1. The molecule has 0 aliphatic carbocycles. The van der Waals surface area contributed by atoms with Gasteiger partial charge in [-0.3, -0.25) is 4.79 Å². The molecule has 0 unspecified atom stereocenters. The van der Waals surface area contributed by atoms with Gasteiger partial charge in [0.1, 0.15) is 12.2 Å². The molecule has 3 heteroatoms. The Hall–Kier alpha value is -1.64. The Balaban J connectivity index is 1.98. The highest BCUT2D eigenvalue weighted by molar-refractivity contribution is 6.30. The van der Waals surface area contributed by atoms with E-state index in [0.29, 0.717) is 11.6 Å². The predicted molar refractivity (Wildman–Crippen MR) is 73.4 cm³/mol. The standard InChI is InChI=1S/C15H14ClNO/c1-11-5-7-12(8-6-11)15(18)10-17-14-4-2-3-13(16)9-14/h2-9,17H,10H2,1H3/p+1. The van der Waals surface area contributed by atoms with Crippen LogP contribution in [0.4, 0.5) is 5.69 Å². The van der Waals surface area contributed by atoms with Gasteiger partial charge >= 0.3 is 0 Å². The van der Waals surface area contributed by atoms with Crippen molar-refractivity contribution in [3.8, 4) is 0 Å². The van der Waals surface area contributed by atoms with E-state index in [1.165, 1.54) is 0 Å². The molecule has 0 radical (unpaired) electrons. The molecule has 0 aromatic heterocycles. The third-order valence-corrected chi connectivity index (χ3v) is 2.98. The first-order valence-electron chi connectivity index (χ1n) is 5.84. The summed E-state index contributed by atoms with van der Waals surface area (Å²) < 4.78 is 0. The minimum atomic E-state index is 0.120. The summed E-state index contributed by atoms with van der Waals surface area (Å²) >= 11 is 5.89. The van der Waals surface area contributed by atoms with Crippen LogP contribution in [0.25, 0.3) is 0 Å². The average molecular weight is 261 g/mol. The molecule has 2 aromatic rings. The fraction of sp³-hybridized carbons (Fsp3) is 0.133. The molecule has 18 heavy (non-hydrogen) atoms. The summed E-state index contributed by atoms with van der Waals surface area (Å²) in [5, 5.41) is 2.58. The highest BCUT2D eigenvalue weighted by Gasteiger charge is 2.08.